The summed E-state index contributed by atoms with van der Waals surface area (Å²) < 4.78 is 0. The van der Waals surface area contributed by atoms with Crippen LogP contribution in [0.1, 0.15) is 12.0 Å². The monoisotopic (exact) mass is 264 g/mol. The molecule has 5 nitrogen and oxygen atoms in total. The fourth-order valence-electron chi connectivity index (χ4n) is 2.47. The zero-order valence-corrected chi connectivity index (χ0v) is 11.7. The lowest BCUT2D eigenvalue weighted by Crippen LogP contribution is -2.32. The van der Waals surface area contributed by atoms with Gasteiger partial charge in [-0.15, -0.1) is 0 Å². The molecule has 2 heterocycles. The minimum absolute atomic E-state index is 0.259. The maximum atomic E-state index is 8.99. The highest BCUT2D eigenvalue weighted by atomic mass is 16.3. The van der Waals surface area contributed by atoms with E-state index in [1.165, 1.54) is 12.0 Å². The molecule has 106 valence electrons. The van der Waals surface area contributed by atoms with Gasteiger partial charge >= 0.3 is 0 Å². The summed E-state index contributed by atoms with van der Waals surface area (Å²) in [5.41, 5.74) is 1.26. The van der Waals surface area contributed by atoms with Crippen LogP contribution in [0.15, 0.2) is 18.3 Å². The molecule has 5 heteroatoms. The lowest BCUT2D eigenvalue weighted by atomic mass is 10.2. The first-order valence-electron chi connectivity index (χ1n) is 7.00. The van der Waals surface area contributed by atoms with Gasteiger partial charge in [0.15, 0.2) is 0 Å². The van der Waals surface area contributed by atoms with Crippen LogP contribution in [0, 0.1) is 0 Å². The van der Waals surface area contributed by atoms with E-state index in [1.807, 2.05) is 19.3 Å². The molecule has 1 fully saturated rings. The van der Waals surface area contributed by atoms with Crippen LogP contribution in [0.2, 0.25) is 0 Å². The molecule has 1 aliphatic heterocycles. The Kier molecular flexibility index (Phi) is 5.57. The second-order valence-corrected chi connectivity index (χ2v) is 5.00. The number of hydrogen-bond acceptors (Lipinski definition) is 5. The van der Waals surface area contributed by atoms with Crippen molar-refractivity contribution in [1.29, 1.82) is 0 Å². The van der Waals surface area contributed by atoms with E-state index in [0.29, 0.717) is 0 Å². The van der Waals surface area contributed by atoms with Gasteiger partial charge in [0.05, 0.1) is 6.61 Å². The quantitative estimate of drug-likeness (QED) is 0.817. The van der Waals surface area contributed by atoms with Crippen LogP contribution in [0.25, 0.3) is 0 Å². The first-order valence-corrected chi connectivity index (χ1v) is 7.00. The highest BCUT2D eigenvalue weighted by molar-refractivity contribution is 5.34. The van der Waals surface area contributed by atoms with Crippen LogP contribution < -0.4 is 5.32 Å². The van der Waals surface area contributed by atoms with Gasteiger partial charge in [-0.3, -0.25) is 9.80 Å². The molecular weight excluding hydrogens is 240 g/mol. The van der Waals surface area contributed by atoms with Crippen molar-refractivity contribution in [2.75, 3.05) is 51.7 Å². The zero-order chi connectivity index (χ0) is 13.5. The van der Waals surface area contributed by atoms with Gasteiger partial charge < -0.3 is 10.4 Å². The van der Waals surface area contributed by atoms with Crippen molar-refractivity contribution < 1.29 is 5.11 Å². The Labute approximate surface area is 115 Å². The fraction of sp³-hybridized carbons (Fsp3) is 0.643. The van der Waals surface area contributed by atoms with Gasteiger partial charge in [-0.25, -0.2) is 4.98 Å². The lowest BCUT2D eigenvalue weighted by molar-refractivity contribution is 0.196. The van der Waals surface area contributed by atoms with Gasteiger partial charge in [0.25, 0.3) is 0 Å². The number of hydrogen-bond donors (Lipinski definition) is 2. The third kappa shape index (κ3) is 4.45. The summed E-state index contributed by atoms with van der Waals surface area (Å²) in [5.74, 6) is 0.911. The maximum Gasteiger partial charge on any atom is 0.125 e. The molecule has 0 amide bonds. The van der Waals surface area contributed by atoms with Gasteiger partial charge in [-0.05, 0) is 31.1 Å². The smallest absolute Gasteiger partial charge is 0.125 e. The second-order valence-electron chi connectivity index (χ2n) is 5.00. The number of aliphatic hydroxyl groups excluding tert-OH is 1. The summed E-state index contributed by atoms with van der Waals surface area (Å²) >= 11 is 0. The number of pyridine rings is 1. The Hall–Kier alpha value is -1.17. The van der Waals surface area contributed by atoms with Gasteiger partial charge in [-0.2, -0.15) is 0 Å². The normalized spacial score (nSPS) is 18.2. The summed E-state index contributed by atoms with van der Waals surface area (Å²) in [4.78, 5) is 9.15. The van der Waals surface area contributed by atoms with E-state index in [-0.39, 0.29) is 6.61 Å². The Morgan fingerprint density at radius 2 is 2.00 bits per heavy atom. The first kappa shape index (κ1) is 14.2. The highest BCUT2D eigenvalue weighted by Crippen LogP contribution is 2.10. The standard InChI is InChI=1S/C14H24N4O/c1-15-14-4-3-13(11-16-14)12-18-6-2-5-17(7-8-18)9-10-19/h3-4,11,19H,2,5-10,12H2,1H3,(H,15,16). The van der Waals surface area contributed by atoms with E-state index < -0.39 is 0 Å². The molecule has 0 aliphatic carbocycles. The predicted octanol–water partition coefficient (Wildman–Crippen LogP) is 0.623. The van der Waals surface area contributed by atoms with E-state index in [0.717, 1.165) is 45.1 Å². The van der Waals surface area contributed by atoms with Gasteiger partial charge in [-0.1, -0.05) is 6.07 Å². The molecule has 1 aliphatic rings. The number of anilines is 1. The summed E-state index contributed by atoms with van der Waals surface area (Å²) in [5, 5.41) is 12.0. The van der Waals surface area contributed by atoms with Crippen molar-refractivity contribution in [3.05, 3.63) is 23.9 Å². The minimum Gasteiger partial charge on any atom is -0.395 e. The molecule has 2 rings (SSSR count). The molecule has 0 spiro atoms. The fourth-order valence-corrected chi connectivity index (χ4v) is 2.47. The second kappa shape index (κ2) is 7.43. The van der Waals surface area contributed by atoms with Crippen LogP contribution in [-0.2, 0) is 6.54 Å². The van der Waals surface area contributed by atoms with E-state index in [1.54, 1.807) is 0 Å². The number of aliphatic hydroxyl groups is 1. The molecule has 1 aromatic rings. The molecule has 1 aromatic heterocycles. The van der Waals surface area contributed by atoms with Crippen LogP contribution >= 0.6 is 0 Å². The van der Waals surface area contributed by atoms with E-state index in [9.17, 15) is 0 Å². The van der Waals surface area contributed by atoms with Gasteiger partial charge in [0.2, 0.25) is 0 Å². The molecule has 0 radical (unpaired) electrons. The van der Waals surface area contributed by atoms with Gasteiger partial charge in [0.1, 0.15) is 5.82 Å². The minimum atomic E-state index is 0.259. The molecule has 2 N–H and O–H groups in total. The Bertz CT molecular complexity index is 368. The highest BCUT2D eigenvalue weighted by Gasteiger charge is 2.14. The van der Waals surface area contributed by atoms with Crippen molar-refractivity contribution in [3.8, 4) is 0 Å². The number of nitrogens with zero attached hydrogens (tertiary/aromatic N) is 3. The molecule has 19 heavy (non-hydrogen) atoms. The van der Waals surface area contributed by atoms with Crippen molar-refractivity contribution in [2.24, 2.45) is 0 Å². The van der Waals surface area contributed by atoms with E-state index in [2.05, 4.69) is 26.2 Å². The van der Waals surface area contributed by atoms with Crippen LogP contribution in [0.5, 0.6) is 0 Å². The predicted molar refractivity (Wildman–Crippen MR) is 77.2 cm³/mol. The summed E-state index contributed by atoms with van der Waals surface area (Å²) in [6.45, 7) is 6.34. The third-order valence-electron chi connectivity index (χ3n) is 3.58. The third-order valence-corrected chi connectivity index (χ3v) is 3.58. The maximum absolute atomic E-state index is 8.99. The number of rotatable bonds is 5. The SMILES string of the molecule is CNc1ccc(CN2CCCN(CCO)CC2)cn1. The summed E-state index contributed by atoms with van der Waals surface area (Å²) in [6.07, 6.45) is 3.12. The molecular formula is C14H24N4O. The number of aromatic nitrogens is 1. The molecule has 0 aromatic carbocycles. The lowest BCUT2D eigenvalue weighted by Gasteiger charge is -2.21. The summed E-state index contributed by atoms with van der Waals surface area (Å²) in [6, 6.07) is 4.15. The Morgan fingerprint density at radius 3 is 2.68 bits per heavy atom. The van der Waals surface area contributed by atoms with Crippen LogP contribution in [-0.4, -0.2) is 66.3 Å². The molecule has 0 saturated carbocycles. The summed E-state index contributed by atoms with van der Waals surface area (Å²) in [7, 11) is 1.88. The number of nitrogens with one attached hydrogen (secondary N) is 1. The zero-order valence-electron chi connectivity index (χ0n) is 11.7. The average Bonchev–Trinajstić information content (AvgIpc) is 2.66. The molecule has 0 atom stereocenters. The van der Waals surface area contributed by atoms with Crippen LogP contribution in [0.3, 0.4) is 0 Å². The molecule has 1 saturated heterocycles. The molecule has 0 unspecified atom stereocenters. The van der Waals surface area contributed by atoms with E-state index >= 15 is 0 Å². The average molecular weight is 264 g/mol. The van der Waals surface area contributed by atoms with Crippen molar-refractivity contribution in [1.82, 2.24) is 14.8 Å². The Morgan fingerprint density at radius 1 is 1.21 bits per heavy atom. The Balaban J connectivity index is 1.84. The topological polar surface area (TPSA) is 51.6 Å². The van der Waals surface area contributed by atoms with Crippen molar-refractivity contribution in [3.63, 3.8) is 0 Å². The van der Waals surface area contributed by atoms with Crippen molar-refractivity contribution in [2.45, 2.75) is 13.0 Å². The van der Waals surface area contributed by atoms with Gasteiger partial charge in [0, 0.05) is 39.4 Å². The van der Waals surface area contributed by atoms with Crippen molar-refractivity contribution >= 4 is 5.82 Å². The number of β-amino-alcohol motifs (C(OH)–C–C–N with tert-alkyl or cyclic N) is 1. The largest absolute Gasteiger partial charge is 0.395 e. The van der Waals surface area contributed by atoms with E-state index in [4.69, 9.17) is 5.11 Å². The molecule has 0 bridgehead atoms. The van der Waals surface area contributed by atoms with Crippen LogP contribution in [0.4, 0.5) is 5.82 Å². The first-order chi connectivity index (χ1) is 9.31.